The topological polar surface area (TPSA) is 41.4 Å². The minimum Gasteiger partial charge on any atom is -0.340 e. The molecule has 1 aliphatic heterocycles. The van der Waals surface area contributed by atoms with Crippen molar-refractivity contribution in [2.45, 2.75) is 20.0 Å². The first-order valence-electron chi connectivity index (χ1n) is 8.55. The highest BCUT2D eigenvalue weighted by atomic mass is 79.9. The number of amides is 1. The van der Waals surface area contributed by atoms with E-state index in [9.17, 15) is 9.18 Å². The number of carbonyl (C=O) groups excluding carboxylic acids is 1. The average Bonchev–Trinajstić information content (AvgIpc) is 3.02. The van der Waals surface area contributed by atoms with Crippen LogP contribution in [0.3, 0.4) is 0 Å². The summed E-state index contributed by atoms with van der Waals surface area (Å²) in [6, 6.07) is 4.49. The standard InChI is InChI=1S/C18H21BrClFN4O/c1-13(10-25-12-15(19)9-22-25)18(26)24-6-4-23(5-7-24)11-14-2-3-16(21)8-17(14)20/h2-3,8-9,12-13H,4-7,10-11H2,1H3. The molecule has 3 rings (SSSR count). The number of benzene rings is 1. The molecule has 0 saturated carbocycles. The van der Waals surface area contributed by atoms with E-state index in [0.29, 0.717) is 31.2 Å². The zero-order chi connectivity index (χ0) is 18.7. The summed E-state index contributed by atoms with van der Waals surface area (Å²) in [5, 5.41) is 4.65. The Bertz CT molecular complexity index is 776. The molecular formula is C18H21BrClFN4O. The predicted molar refractivity (Wildman–Crippen MR) is 102 cm³/mol. The molecule has 1 aliphatic rings. The third kappa shape index (κ3) is 4.84. The predicted octanol–water partition coefficient (Wildman–Crippen LogP) is 3.42. The highest BCUT2D eigenvalue weighted by Crippen LogP contribution is 2.20. The van der Waals surface area contributed by atoms with Crippen molar-refractivity contribution in [3.05, 3.63) is 51.5 Å². The second kappa shape index (κ2) is 8.50. The summed E-state index contributed by atoms with van der Waals surface area (Å²) in [5.41, 5.74) is 0.908. The van der Waals surface area contributed by atoms with Crippen molar-refractivity contribution in [3.8, 4) is 0 Å². The van der Waals surface area contributed by atoms with Gasteiger partial charge in [-0.3, -0.25) is 14.4 Å². The van der Waals surface area contributed by atoms with Gasteiger partial charge in [0, 0.05) is 43.9 Å². The van der Waals surface area contributed by atoms with Crippen LogP contribution in [0.1, 0.15) is 12.5 Å². The van der Waals surface area contributed by atoms with Gasteiger partial charge in [0.1, 0.15) is 5.82 Å². The fourth-order valence-corrected chi connectivity index (χ4v) is 3.68. The molecule has 5 nitrogen and oxygen atoms in total. The Morgan fingerprint density at radius 3 is 2.69 bits per heavy atom. The second-order valence-corrected chi connectivity index (χ2v) is 7.94. The van der Waals surface area contributed by atoms with Gasteiger partial charge in [-0.1, -0.05) is 24.6 Å². The average molecular weight is 444 g/mol. The second-order valence-electron chi connectivity index (χ2n) is 6.62. The lowest BCUT2D eigenvalue weighted by molar-refractivity contribution is -0.137. The number of hydrogen-bond acceptors (Lipinski definition) is 3. The highest BCUT2D eigenvalue weighted by Gasteiger charge is 2.25. The maximum absolute atomic E-state index is 13.1. The first-order chi connectivity index (χ1) is 12.4. The van der Waals surface area contributed by atoms with Crippen LogP contribution in [-0.2, 0) is 17.9 Å². The first kappa shape index (κ1) is 19.3. The molecule has 26 heavy (non-hydrogen) atoms. The minimum absolute atomic E-state index is 0.125. The Hall–Kier alpha value is -1.44. The normalized spacial score (nSPS) is 16.7. The Morgan fingerprint density at radius 2 is 2.08 bits per heavy atom. The Morgan fingerprint density at radius 1 is 1.35 bits per heavy atom. The number of carbonyl (C=O) groups is 1. The van der Waals surface area contributed by atoms with E-state index >= 15 is 0 Å². The number of nitrogens with zero attached hydrogens (tertiary/aromatic N) is 4. The molecule has 2 aromatic rings. The lowest BCUT2D eigenvalue weighted by Gasteiger charge is -2.36. The van der Waals surface area contributed by atoms with Gasteiger partial charge in [0.05, 0.1) is 23.1 Å². The van der Waals surface area contributed by atoms with Crippen LogP contribution in [0.25, 0.3) is 0 Å². The summed E-state index contributed by atoms with van der Waals surface area (Å²) in [6.07, 6.45) is 3.59. The molecule has 2 heterocycles. The molecule has 1 fully saturated rings. The van der Waals surface area contributed by atoms with E-state index in [2.05, 4.69) is 25.9 Å². The van der Waals surface area contributed by atoms with Crippen molar-refractivity contribution in [2.24, 2.45) is 5.92 Å². The maximum atomic E-state index is 13.1. The number of halogens is 3. The molecule has 1 aromatic heterocycles. The Labute approximate surface area is 165 Å². The minimum atomic E-state index is -0.327. The van der Waals surface area contributed by atoms with E-state index < -0.39 is 0 Å². The van der Waals surface area contributed by atoms with Crippen LogP contribution in [0.15, 0.2) is 35.1 Å². The smallest absolute Gasteiger partial charge is 0.227 e. The third-order valence-corrected chi connectivity index (χ3v) is 5.34. The largest absolute Gasteiger partial charge is 0.340 e. The molecule has 1 atom stereocenters. The van der Waals surface area contributed by atoms with E-state index in [1.165, 1.54) is 12.1 Å². The van der Waals surface area contributed by atoms with Crippen molar-refractivity contribution in [1.82, 2.24) is 19.6 Å². The van der Waals surface area contributed by atoms with Gasteiger partial charge in [-0.25, -0.2) is 4.39 Å². The zero-order valence-corrected chi connectivity index (χ0v) is 16.9. The van der Waals surface area contributed by atoms with Gasteiger partial charge in [0.25, 0.3) is 0 Å². The maximum Gasteiger partial charge on any atom is 0.227 e. The molecule has 0 bridgehead atoms. The summed E-state index contributed by atoms with van der Waals surface area (Å²) in [6.45, 7) is 6.09. The fraction of sp³-hybridized carbons (Fsp3) is 0.444. The van der Waals surface area contributed by atoms with Gasteiger partial charge in [-0.2, -0.15) is 5.10 Å². The summed E-state index contributed by atoms with van der Waals surface area (Å²) in [5.74, 6) is -0.302. The summed E-state index contributed by atoms with van der Waals surface area (Å²) >= 11 is 9.47. The van der Waals surface area contributed by atoms with Crippen LogP contribution in [0.2, 0.25) is 5.02 Å². The summed E-state index contributed by atoms with van der Waals surface area (Å²) in [7, 11) is 0. The van der Waals surface area contributed by atoms with Crippen molar-refractivity contribution in [1.29, 1.82) is 0 Å². The molecule has 1 amide bonds. The van der Waals surface area contributed by atoms with Crippen LogP contribution < -0.4 is 0 Å². The van der Waals surface area contributed by atoms with Gasteiger partial charge in [0.15, 0.2) is 0 Å². The van der Waals surface area contributed by atoms with Crippen LogP contribution in [0, 0.1) is 11.7 Å². The molecule has 0 aliphatic carbocycles. The SMILES string of the molecule is CC(Cn1cc(Br)cn1)C(=O)N1CCN(Cc2ccc(F)cc2Cl)CC1. The van der Waals surface area contributed by atoms with Crippen LogP contribution in [0.5, 0.6) is 0 Å². The molecule has 0 N–H and O–H groups in total. The molecule has 1 unspecified atom stereocenters. The van der Waals surface area contributed by atoms with Crippen molar-refractivity contribution < 1.29 is 9.18 Å². The van der Waals surface area contributed by atoms with Gasteiger partial charge >= 0.3 is 0 Å². The summed E-state index contributed by atoms with van der Waals surface area (Å²) in [4.78, 5) is 16.8. The van der Waals surface area contributed by atoms with E-state index in [1.54, 1.807) is 16.9 Å². The van der Waals surface area contributed by atoms with E-state index in [0.717, 1.165) is 23.1 Å². The van der Waals surface area contributed by atoms with Gasteiger partial charge in [-0.05, 0) is 33.6 Å². The van der Waals surface area contributed by atoms with Crippen LogP contribution in [0.4, 0.5) is 4.39 Å². The quantitative estimate of drug-likeness (QED) is 0.711. The molecule has 140 valence electrons. The molecule has 0 radical (unpaired) electrons. The van der Waals surface area contributed by atoms with Crippen molar-refractivity contribution in [3.63, 3.8) is 0 Å². The van der Waals surface area contributed by atoms with E-state index in [4.69, 9.17) is 11.6 Å². The first-order valence-corrected chi connectivity index (χ1v) is 9.72. The lowest BCUT2D eigenvalue weighted by atomic mass is 10.1. The number of rotatable bonds is 5. The van der Waals surface area contributed by atoms with E-state index in [1.807, 2.05) is 18.0 Å². The van der Waals surface area contributed by atoms with Crippen molar-refractivity contribution in [2.75, 3.05) is 26.2 Å². The zero-order valence-electron chi connectivity index (χ0n) is 14.5. The molecule has 8 heteroatoms. The molecule has 0 spiro atoms. The number of piperazine rings is 1. The fourth-order valence-electron chi connectivity index (χ4n) is 3.13. The number of hydrogen-bond donors (Lipinski definition) is 0. The molecular weight excluding hydrogens is 423 g/mol. The lowest BCUT2D eigenvalue weighted by Crippen LogP contribution is -2.50. The van der Waals surface area contributed by atoms with E-state index in [-0.39, 0.29) is 17.6 Å². The van der Waals surface area contributed by atoms with Gasteiger partial charge in [-0.15, -0.1) is 0 Å². The molecule has 1 saturated heterocycles. The van der Waals surface area contributed by atoms with Crippen LogP contribution in [-0.4, -0.2) is 51.7 Å². The third-order valence-electron chi connectivity index (χ3n) is 4.58. The Kier molecular flexibility index (Phi) is 6.32. The summed E-state index contributed by atoms with van der Waals surface area (Å²) < 4.78 is 15.8. The van der Waals surface area contributed by atoms with Gasteiger partial charge < -0.3 is 4.90 Å². The van der Waals surface area contributed by atoms with Crippen molar-refractivity contribution >= 4 is 33.4 Å². The Balaban J connectivity index is 1.50. The monoisotopic (exact) mass is 442 g/mol. The van der Waals surface area contributed by atoms with Gasteiger partial charge in [0.2, 0.25) is 5.91 Å². The van der Waals surface area contributed by atoms with Crippen LogP contribution >= 0.6 is 27.5 Å². The number of aromatic nitrogens is 2. The highest BCUT2D eigenvalue weighted by molar-refractivity contribution is 9.10. The molecule has 1 aromatic carbocycles.